The third-order valence-electron chi connectivity index (χ3n) is 16.4. The maximum absolute atomic E-state index is 15.1. The second-order valence-electron chi connectivity index (χ2n) is 23.1. The molecule has 6 rings (SSSR count). The Morgan fingerprint density at radius 1 is 0.648 bits per heavy atom. The van der Waals surface area contributed by atoms with Gasteiger partial charge in [0, 0.05) is 69.4 Å². The first-order valence-electron chi connectivity index (χ1n) is 30.7. The number of β-amino-alcohol motifs (C(OH)–C–C–N with tert-alkyl or cyclic N) is 1. The number of hydrogen-bond donors (Lipinski definition) is 15. The van der Waals surface area contributed by atoms with Gasteiger partial charge in [-0.05, 0) is 86.8 Å². The summed E-state index contributed by atoms with van der Waals surface area (Å²) in [4.78, 5) is 158. The second kappa shape index (κ2) is 35.1. The van der Waals surface area contributed by atoms with Crippen molar-refractivity contribution in [2.45, 2.75) is 170 Å². The molecule has 1 aromatic heterocycles. The van der Waals surface area contributed by atoms with Crippen molar-refractivity contribution in [2.75, 3.05) is 52.4 Å². The molecule has 0 unspecified atom stereocenters. The van der Waals surface area contributed by atoms with Gasteiger partial charge in [0.15, 0.2) is 17.9 Å². The molecule has 1 aliphatic carbocycles. The summed E-state index contributed by atoms with van der Waals surface area (Å²) >= 11 is 1.27. The number of benzene rings is 1. The highest BCUT2D eigenvalue weighted by Crippen LogP contribution is 2.30. The molecule has 500 valence electrons. The Labute approximate surface area is 530 Å². The Balaban J connectivity index is 1.13. The Kier molecular flexibility index (Phi) is 27.5. The molecule has 4 aliphatic rings. The summed E-state index contributed by atoms with van der Waals surface area (Å²) in [5.74, 6) is -8.41. The largest absolute Gasteiger partial charge is 0.480 e. The minimum absolute atomic E-state index is 0.0000608. The van der Waals surface area contributed by atoms with E-state index in [1.807, 2.05) is 6.07 Å². The predicted octanol–water partition coefficient (Wildman–Crippen LogP) is -5.02. The Hall–Kier alpha value is -8.69. The molecule has 32 nitrogen and oxygen atoms in total. The van der Waals surface area contributed by atoms with Gasteiger partial charge in [-0.3, -0.25) is 58.1 Å². The zero-order valence-corrected chi connectivity index (χ0v) is 51.8. The topological polar surface area (TPSA) is 524 Å². The molecule has 2 aromatic rings. The number of aliphatic imine (C=N–C) groups is 3. The van der Waals surface area contributed by atoms with Crippen molar-refractivity contribution < 1.29 is 63.3 Å². The highest BCUT2D eigenvalue weighted by molar-refractivity contribution is 7.09. The first-order valence-corrected chi connectivity index (χ1v) is 31.6. The number of aliphatic hydroxyl groups excluding tert-OH is 2. The average Bonchev–Trinajstić information content (AvgIpc) is 1.92. The number of amides is 9. The summed E-state index contributed by atoms with van der Waals surface area (Å²) in [6.45, 7) is -2.00. The quantitative estimate of drug-likeness (QED) is 0.0185. The minimum Gasteiger partial charge on any atom is -0.480 e. The number of nitrogens with one attached hydrogen (secondary N) is 5. The maximum atomic E-state index is 15.1. The molecule has 22 N–H and O–H groups in total. The van der Waals surface area contributed by atoms with Crippen LogP contribution >= 0.6 is 11.3 Å². The van der Waals surface area contributed by atoms with Crippen LogP contribution in [0.15, 0.2) is 56.8 Å². The molecule has 9 amide bonds. The van der Waals surface area contributed by atoms with Gasteiger partial charge in [-0.1, -0.05) is 49.6 Å². The van der Waals surface area contributed by atoms with Crippen LogP contribution in [-0.4, -0.2) is 225 Å². The van der Waals surface area contributed by atoms with Crippen LogP contribution in [0.4, 0.5) is 0 Å². The molecular weight excluding hydrogens is 1200 g/mol. The van der Waals surface area contributed by atoms with E-state index in [0.717, 1.165) is 29.7 Å². The fraction of sp³-hybridized carbons (Fsp3) is 0.603. The van der Waals surface area contributed by atoms with E-state index in [-0.39, 0.29) is 115 Å². The molecule has 1 saturated carbocycles. The van der Waals surface area contributed by atoms with E-state index in [0.29, 0.717) is 36.1 Å². The van der Waals surface area contributed by atoms with Crippen molar-refractivity contribution in [3.8, 4) is 0 Å². The lowest BCUT2D eigenvalue weighted by Crippen LogP contribution is -2.62. The molecule has 9 atom stereocenters. The van der Waals surface area contributed by atoms with Crippen LogP contribution in [-0.2, 0) is 67.3 Å². The third-order valence-corrected chi connectivity index (χ3v) is 17.3. The number of carbonyl (C=O) groups excluding carboxylic acids is 9. The normalized spacial score (nSPS) is 19.6. The minimum atomic E-state index is -1.67. The number of thiophene rings is 1. The van der Waals surface area contributed by atoms with Crippen molar-refractivity contribution in [2.24, 2.45) is 55.1 Å². The molecular formula is C58H89N19O13S. The molecule has 4 heterocycles. The molecule has 1 aromatic carbocycles. The number of aliphatic carboxylic acids is 1. The standard InChI is InChI=1S/C58H89N19O13S/c59-38(16-6-20-66-56(60)61)48(82)72-39(17-7-21-67-57(62)63)51(85)74-23-9-19-43(74)53(87)77-30-36(79)26-44(77)50(84)69-28-46(80)71-41(27-37-15-10-24-91-37)49(83)73-42(32-78)52(86)76-29-34-12-5-4-11-33(34)25-45(76)54(88)75(35-13-2-1-3-14-35)31-47(81)70-40(55(89)90)18-8-22-68-58(64)65/h4-5,10-12,15,24,35-36,38-45,78-79H,1-3,6-9,13-14,16-23,25-32,59H2,(H,69,84)(H,70,81)(H,71,80)(H,72,82)(H,73,83)(H,89,90)(H4,60,61,66)(H4,62,63,67)(H4,64,65,68)/t36-,38+,39+,40+,41+,42+,43+,44+,45-/m1/s1. The number of aliphatic hydroxyl groups is 2. The van der Waals surface area contributed by atoms with Crippen LogP contribution < -0.4 is 66.7 Å². The van der Waals surface area contributed by atoms with E-state index >= 15 is 4.79 Å². The van der Waals surface area contributed by atoms with Crippen LogP contribution in [0, 0.1) is 0 Å². The van der Waals surface area contributed by atoms with Gasteiger partial charge in [0.05, 0.1) is 31.8 Å². The van der Waals surface area contributed by atoms with Gasteiger partial charge in [-0.15, -0.1) is 11.3 Å². The summed E-state index contributed by atoms with van der Waals surface area (Å²) in [5, 5.41) is 46.4. The number of nitrogens with zero attached hydrogens (tertiary/aromatic N) is 7. The number of likely N-dealkylation sites (tertiary alicyclic amines) is 2. The van der Waals surface area contributed by atoms with Gasteiger partial charge >= 0.3 is 5.97 Å². The number of fused-ring (bicyclic) bond motifs is 1. The number of nitrogens with two attached hydrogens (primary N) is 7. The van der Waals surface area contributed by atoms with E-state index in [1.165, 1.54) is 26.0 Å². The molecule has 91 heavy (non-hydrogen) atoms. The first kappa shape index (κ1) is 71.4. The zero-order valence-electron chi connectivity index (χ0n) is 51.0. The molecule has 0 radical (unpaired) electrons. The summed E-state index contributed by atoms with van der Waals surface area (Å²) < 4.78 is 0. The van der Waals surface area contributed by atoms with Crippen molar-refractivity contribution in [1.29, 1.82) is 0 Å². The van der Waals surface area contributed by atoms with Crippen LogP contribution in [0.3, 0.4) is 0 Å². The van der Waals surface area contributed by atoms with Gasteiger partial charge in [0.25, 0.3) is 0 Å². The molecule has 3 fully saturated rings. The highest BCUT2D eigenvalue weighted by atomic mass is 32.1. The van der Waals surface area contributed by atoms with E-state index in [2.05, 4.69) is 41.6 Å². The second-order valence-corrected chi connectivity index (χ2v) is 24.2. The summed E-state index contributed by atoms with van der Waals surface area (Å²) in [7, 11) is 0. The van der Waals surface area contributed by atoms with Crippen molar-refractivity contribution in [3.63, 3.8) is 0 Å². The highest BCUT2D eigenvalue weighted by Gasteiger charge is 2.47. The fourth-order valence-electron chi connectivity index (χ4n) is 11.8. The number of carboxylic acid groups (broad SMARTS) is 1. The average molecular weight is 1290 g/mol. The van der Waals surface area contributed by atoms with Gasteiger partial charge in [-0.2, -0.15) is 0 Å². The fourth-order valence-corrected chi connectivity index (χ4v) is 12.6. The van der Waals surface area contributed by atoms with E-state index < -0.39 is 139 Å². The lowest BCUT2D eigenvalue weighted by Gasteiger charge is -2.42. The van der Waals surface area contributed by atoms with Gasteiger partial charge in [-0.25, -0.2) is 4.79 Å². The number of guanidine groups is 3. The SMILES string of the molecule is NC(N)=NCCC[C@H](NC(=O)CN(C(=O)[C@H]1Cc2ccccc2CN1C(=O)[C@H](CO)NC(=O)[C@H](Cc1cccs1)NC(=O)CNC(=O)[C@@H]1C[C@@H](O)CN1C(=O)[C@@H]1CCCN1C(=O)[C@H](CCCN=C(N)N)NC(=O)[C@@H](N)CCCN=C(N)N)C1CCCCC1)C(=O)O. The summed E-state index contributed by atoms with van der Waals surface area (Å²) in [6.07, 6.45) is 3.67. The van der Waals surface area contributed by atoms with Crippen molar-refractivity contribution in [3.05, 3.63) is 57.8 Å². The number of hydrogen-bond acceptors (Lipinski definition) is 17. The summed E-state index contributed by atoms with van der Waals surface area (Å²) in [6, 6.07) is -0.107. The lowest BCUT2D eigenvalue weighted by molar-refractivity contribution is -0.152. The first-order chi connectivity index (χ1) is 43.4. The van der Waals surface area contributed by atoms with Crippen molar-refractivity contribution >= 4 is 88.3 Å². The van der Waals surface area contributed by atoms with Crippen molar-refractivity contribution in [1.82, 2.24) is 46.2 Å². The van der Waals surface area contributed by atoms with E-state index in [1.54, 1.807) is 35.7 Å². The van der Waals surface area contributed by atoms with E-state index in [4.69, 9.17) is 40.1 Å². The Morgan fingerprint density at radius 3 is 1.87 bits per heavy atom. The van der Waals surface area contributed by atoms with E-state index in [9.17, 15) is 58.5 Å². The molecule has 0 bridgehead atoms. The predicted molar refractivity (Wildman–Crippen MR) is 335 cm³/mol. The van der Waals surface area contributed by atoms with Crippen LogP contribution in [0.2, 0.25) is 0 Å². The van der Waals surface area contributed by atoms with Crippen LogP contribution in [0.25, 0.3) is 0 Å². The third kappa shape index (κ3) is 21.2. The number of carbonyl (C=O) groups is 10. The van der Waals surface area contributed by atoms with Gasteiger partial charge in [0.1, 0.15) is 42.3 Å². The maximum Gasteiger partial charge on any atom is 0.326 e. The molecule has 33 heteroatoms. The van der Waals surface area contributed by atoms with Gasteiger partial charge in [0.2, 0.25) is 53.2 Å². The van der Waals surface area contributed by atoms with Crippen LogP contribution in [0.5, 0.6) is 0 Å². The zero-order chi connectivity index (χ0) is 66.3. The lowest BCUT2D eigenvalue weighted by atomic mass is 9.90. The smallest absolute Gasteiger partial charge is 0.326 e. The van der Waals surface area contributed by atoms with Gasteiger partial charge < -0.3 is 102 Å². The Morgan fingerprint density at radius 2 is 1.25 bits per heavy atom. The molecule has 3 aliphatic heterocycles. The summed E-state index contributed by atoms with van der Waals surface area (Å²) in [5.41, 5.74) is 40.2. The van der Waals surface area contributed by atoms with Crippen LogP contribution in [0.1, 0.15) is 106 Å². The number of rotatable bonds is 32. The molecule has 0 spiro atoms. The number of carboxylic acids is 1. The monoisotopic (exact) mass is 1290 g/mol. The molecule has 2 saturated heterocycles. The Bertz CT molecular complexity index is 2950.